The summed E-state index contributed by atoms with van der Waals surface area (Å²) in [7, 11) is 0. The summed E-state index contributed by atoms with van der Waals surface area (Å²) in [5, 5.41) is 0.753. The van der Waals surface area contributed by atoms with Crippen LogP contribution in [0.5, 0.6) is 0 Å². The highest BCUT2D eigenvalue weighted by Gasteiger charge is 2.05. The Balaban J connectivity index is 2.11. The molecule has 0 unspecified atom stereocenters. The van der Waals surface area contributed by atoms with E-state index in [4.69, 9.17) is 0 Å². The van der Waals surface area contributed by atoms with Gasteiger partial charge in [-0.2, -0.15) is 0 Å². The molecule has 2 rings (SSSR count). The summed E-state index contributed by atoms with van der Waals surface area (Å²) in [6.45, 7) is 3.90. The largest absolute Gasteiger partial charge is 0.228 e. The monoisotopic (exact) mass is 326 g/mol. The number of halogens is 2. The zero-order valence-corrected chi connectivity index (χ0v) is 12.5. The van der Waals surface area contributed by atoms with Gasteiger partial charge in [-0.3, -0.25) is 0 Å². The minimum absolute atomic E-state index is 0.238. The fourth-order valence-electron chi connectivity index (χ4n) is 1.54. The molecule has 1 aromatic heterocycles. The molecule has 0 radical (unpaired) electrons. The van der Waals surface area contributed by atoms with Gasteiger partial charge in [0, 0.05) is 21.6 Å². The van der Waals surface area contributed by atoms with Crippen LogP contribution >= 0.6 is 27.7 Å². The van der Waals surface area contributed by atoms with Gasteiger partial charge in [-0.15, -0.1) is 0 Å². The van der Waals surface area contributed by atoms with Crippen LogP contribution in [0.1, 0.15) is 17.0 Å². The minimum Gasteiger partial charge on any atom is -0.228 e. The van der Waals surface area contributed by atoms with Gasteiger partial charge in [0.15, 0.2) is 5.16 Å². The molecular formula is C13H12BrFN2S. The standard InChI is InChI=1S/C13H12BrFN2S/c1-8-5-9(2)17-13(16-8)18-7-10-3-4-11(15)6-12(10)14/h3-6H,7H2,1-2H3. The lowest BCUT2D eigenvalue weighted by Gasteiger charge is -2.05. The van der Waals surface area contributed by atoms with Crippen molar-refractivity contribution in [3.05, 3.63) is 51.5 Å². The molecule has 0 atom stereocenters. The lowest BCUT2D eigenvalue weighted by atomic mass is 10.2. The van der Waals surface area contributed by atoms with Crippen LogP contribution < -0.4 is 0 Å². The number of aromatic nitrogens is 2. The molecule has 0 aliphatic rings. The fourth-order valence-corrected chi connectivity index (χ4v) is 3.17. The molecule has 0 spiro atoms. The summed E-state index contributed by atoms with van der Waals surface area (Å²) < 4.78 is 13.7. The summed E-state index contributed by atoms with van der Waals surface area (Å²) in [6.07, 6.45) is 0. The maximum atomic E-state index is 13.0. The number of rotatable bonds is 3. The average molecular weight is 327 g/mol. The first-order valence-electron chi connectivity index (χ1n) is 5.43. The van der Waals surface area contributed by atoms with E-state index in [1.807, 2.05) is 19.9 Å². The molecule has 2 aromatic rings. The van der Waals surface area contributed by atoms with E-state index in [1.165, 1.54) is 12.1 Å². The molecule has 1 heterocycles. The lowest BCUT2D eigenvalue weighted by Crippen LogP contribution is -1.93. The topological polar surface area (TPSA) is 25.8 Å². The van der Waals surface area contributed by atoms with E-state index >= 15 is 0 Å². The fraction of sp³-hybridized carbons (Fsp3) is 0.231. The van der Waals surface area contributed by atoms with Crippen LogP contribution in [0.3, 0.4) is 0 Å². The second-order valence-corrected chi connectivity index (χ2v) is 5.75. The molecule has 0 aliphatic carbocycles. The van der Waals surface area contributed by atoms with Crippen molar-refractivity contribution in [1.29, 1.82) is 0 Å². The van der Waals surface area contributed by atoms with Gasteiger partial charge in [-0.1, -0.05) is 33.8 Å². The first-order chi connectivity index (χ1) is 8.54. The van der Waals surface area contributed by atoms with Crippen LogP contribution in [-0.4, -0.2) is 9.97 Å². The van der Waals surface area contributed by atoms with Crippen molar-refractivity contribution < 1.29 is 4.39 Å². The van der Waals surface area contributed by atoms with Crippen molar-refractivity contribution in [3.8, 4) is 0 Å². The first kappa shape index (κ1) is 13.5. The number of hydrogen-bond acceptors (Lipinski definition) is 3. The smallest absolute Gasteiger partial charge is 0.188 e. The number of aryl methyl sites for hydroxylation is 2. The van der Waals surface area contributed by atoms with Crippen molar-refractivity contribution in [2.75, 3.05) is 0 Å². The van der Waals surface area contributed by atoms with Crippen LogP contribution in [0.4, 0.5) is 4.39 Å². The Hall–Kier alpha value is -0.940. The van der Waals surface area contributed by atoms with Crippen LogP contribution in [0, 0.1) is 19.7 Å². The van der Waals surface area contributed by atoms with E-state index < -0.39 is 0 Å². The zero-order chi connectivity index (χ0) is 13.1. The summed E-state index contributed by atoms with van der Waals surface area (Å²) in [4.78, 5) is 8.72. The first-order valence-corrected chi connectivity index (χ1v) is 7.21. The molecule has 0 N–H and O–H groups in total. The van der Waals surface area contributed by atoms with E-state index in [1.54, 1.807) is 17.8 Å². The highest BCUT2D eigenvalue weighted by atomic mass is 79.9. The number of hydrogen-bond donors (Lipinski definition) is 0. The summed E-state index contributed by atoms with van der Waals surface area (Å²) >= 11 is 4.90. The molecule has 0 fully saturated rings. The molecule has 0 saturated carbocycles. The van der Waals surface area contributed by atoms with Crippen molar-refractivity contribution in [2.24, 2.45) is 0 Å². The highest BCUT2D eigenvalue weighted by molar-refractivity contribution is 9.10. The Kier molecular flexibility index (Phi) is 4.35. The van der Waals surface area contributed by atoms with E-state index in [0.29, 0.717) is 5.75 Å². The number of benzene rings is 1. The van der Waals surface area contributed by atoms with Crippen LogP contribution in [0.2, 0.25) is 0 Å². The highest BCUT2D eigenvalue weighted by Crippen LogP contribution is 2.25. The van der Waals surface area contributed by atoms with Crippen LogP contribution in [0.25, 0.3) is 0 Å². The normalized spacial score (nSPS) is 10.7. The van der Waals surface area contributed by atoms with Gasteiger partial charge >= 0.3 is 0 Å². The van der Waals surface area contributed by atoms with E-state index in [2.05, 4.69) is 25.9 Å². The average Bonchev–Trinajstić information content (AvgIpc) is 2.26. The Labute approximate surface area is 118 Å². The van der Waals surface area contributed by atoms with Crippen molar-refractivity contribution in [1.82, 2.24) is 9.97 Å². The van der Waals surface area contributed by atoms with Gasteiger partial charge in [-0.25, -0.2) is 14.4 Å². The van der Waals surface area contributed by atoms with Crippen molar-refractivity contribution in [3.63, 3.8) is 0 Å². The summed E-state index contributed by atoms with van der Waals surface area (Å²) in [5.74, 6) is 0.474. The van der Waals surface area contributed by atoms with Crippen molar-refractivity contribution >= 4 is 27.7 Å². The third kappa shape index (κ3) is 3.53. The van der Waals surface area contributed by atoms with Gasteiger partial charge in [0.1, 0.15) is 5.82 Å². The molecular weight excluding hydrogens is 315 g/mol. The minimum atomic E-state index is -0.238. The molecule has 0 amide bonds. The summed E-state index contributed by atoms with van der Waals surface area (Å²) in [6, 6.07) is 6.65. The van der Waals surface area contributed by atoms with Gasteiger partial charge in [-0.05, 0) is 37.6 Å². The predicted octanol–water partition coefficient (Wildman–Crippen LogP) is 4.29. The third-order valence-corrected chi connectivity index (χ3v) is 3.97. The molecule has 5 heteroatoms. The Morgan fingerprint density at radius 3 is 2.44 bits per heavy atom. The Bertz CT molecular complexity index is 555. The molecule has 0 aliphatic heterocycles. The maximum Gasteiger partial charge on any atom is 0.188 e. The Morgan fingerprint density at radius 2 is 1.83 bits per heavy atom. The van der Waals surface area contributed by atoms with E-state index in [0.717, 1.165) is 26.6 Å². The third-order valence-electron chi connectivity index (χ3n) is 2.33. The summed E-state index contributed by atoms with van der Waals surface area (Å²) in [5.41, 5.74) is 2.95. The van der Waals surface area contributed by atoms with Gasteiger partial charge in [0.05, 0.1) is 0 Å². The second-order valence-electron chi connectivity index (χ2n) is 3.96. The zero-order valence-electron chi connectivity index (χ0n) is 10.1. The quantitative estimate of drug-likeness (QED) is 0.621. The van der Waals surface area contributed by atoms with Gasteiger partial charge < -0.3 is 0 Å². The molecule has 18 heavy (non-hydrogen) atoms. The lowest BCUT2D eigenvalue weighted by molar-refractivity contribution is 0.626. The predicted molar refractivity (Wildman–Crippen MR) is 75.2 cm³/mol. The number of nitrogens with zero attached hydrogens (tertiary/aromatic N) is 2. The van der Waals surface area contributed by atoms with Gasteiger partial charge in [0.2, 0.25) is 0 Å². The molecule has 94 valence electrons. The van der Waals surface area contributed by atoms with Gasteiger partial charge in [0.25, 0.3) is 0 Å². The molecule has 1 aromatic carbocycles. The second kappa shape index (κ2) is 5.80. The molecule has 0 bridgehead atoms. The van der Waals surface area contributed by atoms with E-state index in [9.17, 15) is 4.39 Å². The number of thioether (sulfide) groups is 1. The van der Waals surface area contributed by atoms with Crippen molar-refractivity contribution in [2.45, 2.75) is 24.8 Å². The van der Waals surface area contributed by atoms with Crippen LogP contribution in [0.15, 0.2) is 33.9 Å². The molecule has 2 nitrogen and oxygen atoms in total. The molecule has 0 saturated heterocycles. The van der Waals surface area contributed by atoms with E-state index in [-0.39, 0.29) is 5.82 Å². The van der Waals surface area contributed by atoms with Crippen LogP contribution in [-0.2, 0) is 5.75 Å². The maximum absolute atomic E-state index is 13.0. The SMILES string of the molecule is Cc1cc(C)nc(SCc2ccc(F)cc2Br)n1. The Morgan fingerprint density at radius 1 is 1.17 bits per heavy atom.